The lowest BCUT2D eigenvalue weighted by Crippen LogP contribution is -2.02. The summed E-state index contributed by atoms with van der Waals surface area (Å²) in [4.78, 5) is 10.6. The van der Waals surface area contributed by atoms with E-state index in [9.17, 15) is 4.79 Å². The summed E-state index contributed by atoms with van der Waals surface area (Å²) < 4.78 is 12.8. The van der Waals surface area contributed by atoms with Crippen LogP contribution in [0, 0.1) is 0 Å². The first-order valence-electron chi connectivity index (χ1n) is 6.51. The van der Waals surface area contributed by atoms with Gasteiger partial charge in [-0.2, -0.15) is 5.10 Å². The Bertz CT molecular complexity index is 741. The van der Waals surface area contributed by atoms with Crippen molar-refractivity contribution in [2.24, 2.45) is 7.05 Å². The van der Waals surface area contributed by atoms with Crippen LogP contribution in [-0.2, 0) is 13.7 Å². The van der Waals surface area contributed by atoms with Gasteiger partial charge < -0.3 is 9.15 Å². The average molecular weight is 282 g/mol. The molecule has 0 aliphatic heterocycles. The first kappa shape index (κ1) is 13.2. The molecule has 0 saturated heterocycles. The van der Waals surface area contributed by atoms with E-state index in [1.165, 1.54) is 0 Å². The van der Waals surface area contributed by atoms with Crippen LogP contribution in [0.4, 0.5) is 0 Å². The molecule has 0 saturated carbocycles. The molecule has 3 aromatic rings. The fourth-order valence-corrected chi connectivity index (χ4v) is 1.99. The first-order chi connectivity index (χ1) is 10.3. The maximum Gasteiger partial charge on any atom is 0.185 e. The molecule has 0 atom stereocenters. The third-order valence-electron chi connectivity index (χ3n) is 3.19. The van der Waals surface area contributed by atoms with Crippen molar-refractivity contribution in [2.75, 3.05) is 0 Å². The molecule has 21 heavy (non-hydrogen) atoms. The summed E-state index contributed by atoms with van der Waals surface area (Å²) in [6.45, 7) is 0.464. The van der Waals surface area contributed by atoms with Crippen LogP contribution in [0.3, 0.4) is 0 Å². The molecule has 0 aliphatic rings. The summed E-state index contributed by atoms with van der Waals surface area (Å²) in [5, 5.41) is 4.09. The van der Waals surface area contributed by atoms with Crippen LogP contribution in [0.25, 0.3) is 11.3 Å². The van der Waals surface area contributed by atoms with Gasteiger partial charge in [0.05, 0.1) is 5.69 Å². The molecule has 0 N–H and O–H groups in total. The summed E-state index contributed by atoms with van der Waals surface area (Å²) in [6.07, 6.45) is 2.43. The lowest BCUT2D eigenvalue weighted by atomic mass is 10.2. The van der Waals surface area contributed by atoms with Gasteiger partial charge in [-0.15, -0.1) is 0 Å². The second-order valence-electron chi connectivity index (χ2n) is 4.58. The van der Waals surface area contributed by atoms with Crippen molar-refractivity contribution in [1.29, 1.82) is 0 Å². The van der Waals surface area contributed by atoms with Crippen LogP contribution in [-0.4, -0.2) is 16.1 Å². The molecule has 0 fully saturated rings. The summed E-state index contributed by atoms with van der Waals surface area (Å²) in [5.74, 6) is 1.75. The van der Waals surface area contributed by atoms with E-state index in [0.29, 0.717) is 24.4 Å². The second kappa shape index (κ2) is 5.66. The molecule has 5 nitrogen and oxygen atoms in total. The maximum absolute atomic E-state index is 10.6. The number of aldehydes is 1. The normalized spacial score (nSPS) is 10.5. The number of ether oxygens (including phenoxy) is 1. The van der Waals surface area contributed by atoms with E-state index in [-0.39, 0.29) is 0 Å². The van der Waals surface area contributed by atoms with Gasteiger partial charge in [0.2, 0.25) is 0 Å². The predicted octanol–water partition coefficient (Wildman–Crippen LogP) is 3.07. The summed E-state index contributed by atoms with van der Waals surface area (Å²) >= 11 is 0. The molecule has 2 heterocycles. The molecular weight excluding hydrogens is 268 g/mol. The number of carbonyl (C=O) groups is 1. The largest absolute Gasteiger partial charge is 0.487 e. The van der Waals surface area contributed by atoms with Gasteiger partial charge in [-0.25, -0.2) is 0 Å². The van der Waals surface area contributed by atoms with Crippen molar-refractivity contribution in [3.05, 3.63) is 60.1 Å². The zero-order valence-corrected chi connectivity index (χ0v) is 11.5. The lowest BCUT2D eigenvalue weighted by molar-refractivity contribution is 0.110. The molecule has 0 spiro atoms. The minimum absolute atomic E-state index is 0.321. The third-order valence-corrected chi connectivity index (χ3v) is 3.19. The second-order valence-corrected chi connectivity index (χ2v) is 4.58. The van der Waals surface area contributed by atoms with Crippen molar-refractivity contribution in [2.45, 2.75) is 6.61 Å². The molecule has 0 radical (unpaired) electrons. The lowest BCUT2D eigenvalue weighted by Gasteiger charge is -2.07. The van der Waals surface area contributed by atoms with Crippen LogP contribution in [0.2, 0.25) is 0 Å². The Labute approximate surface area is 121 Å². The molecule has 1 aromatic carbocycles. The highest BCUT2D eigenvalue weighted by Gasteiger charge is 2.05. The van der Waals surface area contributed by atoms with Crippen molar-refractivity contribution in [3.63, 3.8) is 0 Å². The topological polar surface area (TPSA) is 57.3 Å². The van der Waals surface area contributed by atoms with Crippen LogP contribution >= 0.6 is 0 Å². The van der Waals surface area contributed by atoms with E-state index in [1.54, 1.807) is 23.0 Å². The van der Waals surface area contributed by atoms with E-state index in [1.807, 2.05) is 37.4 Å². The molecule has 3 rings (SSSR count). The monoisotopic (exact) mass is 282 g/mol. The molecule has 2 aromatic heterocycles. The number of carbonyl (C=O) groups excluding carboxylic acids is 1. The molecule has 0 bridgehead atoms. The number of aryl methyl sites for hydroxylation is 1. The van der Waals surface area contributed by atoms with Gasteiger partial charge in [0.1, 0.15) is 18.1 Å². The predicted molar refractivity (Wildman–Crippen MR) is 77.1 cm³/mol. The molecule has 106 valence electrons. The Kier molecular flexibility index (Phi) is 3.55. The fourth-order valence-electron chi connectivity index (χ4n) is 1.99. The van der Waals surface area contributed by atoms with Crippen molar-refractivity contribution >= 4 is 6.29 Å². The van der Waals surface area contributed by atoms with Gasteiger partial charge in [0.25, 0.3) is 0 Å². The van der Waals surface area contributed by atoms with Crippen LogP contribution in [0.5, 0.6) is 5.75 Å². The molecule has 0 aliphatic carbocycles. The van der Waals surface area contributed by atoms with Crippen LogP contribution in [0.1, 0.15) is 16.2 Å². The molecule has 5 heteroatoms. The third kappa shape index (κ3) is 2.86. The van der Waals surface area contributed by atoms with Gasteiger partial charge in [0.15, 0.2) is 12.0 Å². The molecular formula is C16H14N2O3. The Morgan fingerprint density at radius 3 is 2.62 bits per heavy atom. The zero-order valence-electron chi connectivity index (χ0n) is 11.5. The van der Waals surface area contributed by atoms with Crippen molar-refractivity contribution in [1.82, 2.24) is 9.78 Å². The van der Waals surface area contributed by atoms with Gasteiger partial charge in [0, 0.05) is 18.8 Å². The van der Waals surface area contributed by atoms with E-state index in [2.05, 4.69) is 5.10 Å². The van der Waals surface area contributed by atoms with E-state index < -0.39 is 0 Å². The molecule has 0 unspecified atom stereocenters. The number of hydrogen-bond acceptors (Lipinski definition) is 4. The number of furan rings is 1. The van der Waals surface area contributed by atoms with E-state index in [0.717, 1.165) is 17.0 Å². The van der Waals surface area contributed by atoms with Gasteiger partial charge in [-0.1, -0.05) is 0 Å². The minimum Gasteiger partial charge on any atom is -0.487 e. The first-order valence-corrected chi connectivity index (χ1v) is 6.51. The number of hydrogen-bond donors (Lipinski definition) is 0. The number of nitrogens with zero attached hydrogens (tertiary/aromatic N) is 2. The number of rotatable bonds is 5. The summed E-state index contributed by atoms with van der Waals surface area (Å²) in [5.41, 5.74) is 1.90. The SMILES string of the molecule is Cn1nccc1COc1ccc(-c2ccc(C=O)o2)cc1. The van der Waals surface area contributed by atoms with Crippen molar-refractivity contribution < 1.29 is 13.9 Å². The van der Waals surface area contributed by atoms with Crippen LogP contribution < -0.4 is 4.74 Å². The highest BCUT2D eigenvalue weighted by molar-refractivity contribution is 5.72. The highest BCUT2D eigenvalue weighted by Crippen LogP contribution is 2.24. The summed E-state index contributed by atoms with van der Waals surface area (Å²) in [7, 11) is 1.88. The van der Waals surface area contributed by atoms with Gasteiger partial charge in [-0.3, -0.25) is 9.48 Å². The summed E-state index contributed by atoms with van der Waals surface area (Å²) in [6, 6.07) is 12.9. The Balaban J connectivity index is 1.69. The Morgan fingerprint density at radius 1 is 1.19 bits per heavy atom. The van der Waals surface area contributed by atoms with E-state index >= 15 is 0 Å². The minimum atomic E-state index is 0.321. The number of benzene rings is 1. The quantitative estimate of drug-likeness (QED) is 0.675. The standard InChI is InChI=1S/C16H14N2O3/c1-18-13(8-9-17-18)11-20-14-4-2-12(3-5-14)16-7-6-15(10-19)21-16/h2-10H,11H2,1H3. The fraction of sp³-hybridized carbons (Fsp3) is 0.125. The zero-order chi connectivity index (χ0) is 14.7. The van der Waals surface area contributed by atoms with Crippen molar-refractivity contribution in [3.8, 4) is 17.1 Å². The van der Waals surface area contributed by atoms with Gasteiger partial charge >= 0.3 is 0 Å². The number of aromatic nitrogens is 2. The molecule has 0 amide bonds. The Hall–Kier alpha value is -2.82. The Morgan fingerprint density at radius 2 is 2.00 bits per heavy atom. The highest BCUT2D eigenvalue weighted by atomic mass is 16.5. The van der Waals surface area contributed by atoms with E-state index in [4.69, 9.17) is 9.15 Å². The maximum atomic E-state index is 10.6. The van der Waals surface area contributed by atoms with Crippen LogP contribution in [0.15, 0.2) is 53.1 Å². The van der Waals surface area contributed by atoms with Gasteiger partial charge in [-0.05, 0) is 42.5 Å². The average Bonchev–Trinajstić information content (AvgIpc) is 3.14. The smallest absolute Gasteiger partial charge is 0.185 e.